The molecule has 5 nitrogen and oxygen atoms in total. The Balaban J connectivity index is 0.00000180. The number of hydroxylamine groups is 2. The number of ketones is 1. The van der Waals surface area contributed by atoms with E-state index in [4.69, 9.17) is 0 Å². The minimum absolute atomic E-state index is 0. The van der Waals surface area contributed by atoms with E-state index in [0.717, 1.165) is 38.2 Å². The summed E-state index contributed by atoms with van der Waals surface area (Å²) in [4.78, 5) is 16.4. The molecule has 2 rings (SSSR count). The van der Waals surface area contributed by atoms with Gasteiger partial charge in [-0.15, -0.1) is 16.8 Å². The van der Waals surface area contributed by atoms with Crippen LogP contribution in [0.15, 0.2) is 0 Å². The molecule has 0 radical (unpaired) electrons. The number of nitrogens with zero attached hydrogens (tertiary/aromatic N) is 3. The molecule has 2 aliphatic rings. The third-order valence-corrected chi connectivity index (χ3v) is 4.68. The molecule has 0 bridgehead atoms. The summed E-state index contributed by atoms with van der Waals surface area (Å²) in [5.41, 5.74) is -0.0380. The Bertz CT molecular complexity index is 306. The molecule has 0 aromatic heterocycles. The summed E-state index contributed by atoms with van der Waals surface area (Å²) in [7, 11) is 0. The van der Waals surface area contributed by atoms with E-state index in [1.807, 2.05) is 0 Å². The number of hydrogen-bond acceptors (Lipinski definition) is 6. The first kappa shape index (κ1) is 17.9. The summed E-state index contributed by atoms with van der Waals surface area (Å²) < 4.78 is 0. The third-order valence-electron chi connectivity index (χ3n) is 3.45. The average molecular weight is 297 g/mol. The number of Topliss-reactive ketones (excluding diaryl/α,β-unsaturated/α-hetero) is 1. The van der Waals surface area contributed by atoms with Crippen molar-refractivity contribution in [3.63, 3.8) is 0 Å². The Morgan fingerprint density at radius 2 is 2.05 bits per heavy atom. The Morgan fingerprint density at radius 1 is 1.42 bits per heavy atom. The summed E-state index contributed by atoms with van der Waals surface area (Å²) in [6.07, 6.45) is 1.55. The molecule has 2 saturated heterocycles. The molecule has 0 saturated carbocycles. The van der Waals surface area contributed by atoms with Crippen LogP contribution < -0.4 is 29.6 Å². The summed E-state index contributed by atoms with van der Waals surface area (Å²) in [6, 6.07) is 0. The molecule has 1 N–H and O–H groups in total. The summed E-state index contributed by atoms with van der Waals surface area (Å²) in [6.45, 7) is 7.30. The van der Waals surface area contributed by atoms with Crippen LogP contribution in [-0.2, 0) is 4.79 Å². The average Bonchev–Trinajstić information content (AvgIpc) is 2.77. The van der Waals surface area contributed by atoms with Gasteiger partial charge in [-0.3, -0.25) is 14.6 Å². The largest absolute Gasteiger partial charge is 1.00 e. The van der Waals surface area contributed by atoms with Crippen molar-refractivity contribution in [1.29, 1.82) is 0 Å². The van der Waals surface area contributed by atoms with Gasteiger partial charge in [0, 0.05) is 12.3 Å². The van der Waals surface area contributed by atoms with Crippen LogP contribution >= 0.6 is 11.8 Å². The van der Waals surface area contributed by atoms with Gasteiger partial charge in [0.25, 0.3) is 0 Å². The second kappa shape index (κ2) is 8.34. The molecule has 0 aliphatic carbocycles. The van der Waals surface area contributed by atoms with E-state index in [0.29, 0.717) is 6.54 Å². The molecule has 2 fully saturated rings. The van der Waals surface area contributed by atoms with Crippen molar-refractivity contribution >= 4 is 17.5 Å². The minimum atomic E-state index is -0.447. The minimum Gasteiger partial charge on any atom is -1.00 e. The van der Waals surface area contributed by atoms with E-state index < -0.39 is 6.17 Å². The molecular weight excluding hydrogens is 273 g/mol. The van der Waals surface area contributed by atoms with E-state index in [-0.39, 0.29) is 42.3 Å². The van der Waals surface area contributed by atoms with Gasteiger partial charge in [-0.05, 0) is 25.9 Å². The van der Waals surface area contributed by atoms with Crippen molar-refractivity contribution in [2.45, 2.75) is 38.4 Å². The van der Waals surface area contributed by atoms with Gasteiger partial charge in [0.1, 0.15) is 11.7 Å². The fraction of sp³-hybridized carbons (Fsp3) is 0.917. The summed E-state index contributed by atoms with van der Waals surface area (Å²) in [5, 5.41) is 11.6. The number of fused-ring (bicyclic) bond motifs is 1. The Labute approximate surface area is 143 Å². The molecule has 2 unspecified atom stereocenters. The van der Waals surface area contributed by atoms with Gasteiger partial charge in [0.05, 0.1) is 6.54 Å². The summed E-state index contributed by atoms with van der Waals surface area (Å²) >= 11 is 1.72. The predicted molar refractivity (Wildman–Crippen MR) is 73.5 cm³/mol. The molecule has 0 amide bonds. The first-order valence-electron chi connectivity index (χ1n) is 6.78. The van der Waals surface area contributed by atoms with Gasteiger partial charge in [-0.1, -0.05) is 13.8 Å². The van der Waals surface area contributed by atoms with E-state index >= 15 is 0 Å². The van der Waals surface area contributed by atoms with Crippen LogP contribution in [0.5, 0.6) is 0 Å². The number of thioether (sulfide) groups is 1. The first-order valence-corrected chi connectivity index (χ1v) is 7.83. The van der Waals surface area contributed by atoms with Crippen molar-refractivity contribution in [2.24, 2.45) is 0 Å². The van der Waals surface area contributed by atoms with Crippen molar-refractivity contribution in [3.8, 4) is 0 Å². The quantitative estimate of drug-likeness (QED) is 0.602. The zero-order valence-corrected chi connectivity index (χ0v) is 15.0. The second-order valence-electron chi connectivity index (χ2n) is 4.92. The van der Waals surface area contributed by atoms with Crippen LogP contribution in [0.1, 0.15) is 28.1 Å². The zero-order chi connectivity index (χ0) is 13.1. The standard InChI is InChI=1S/C12H23N3O2S.Na.H/c1-3-5-13(6-4-2)11-10(16)9-14-7-8-18-12(14)15(11)17;;/h11-12,17H,3-9H2,1-2H3;;/q;+1;-1. The molecule has 19 heavy (non-hydrogen) atoms. The molecule has 0 spiro atoms. The molecule has 2 heterocycles. The van der Waals surface area contributed by atoms with E-state index in [1.165, 1.54) is 5.06 Å². The van der Waals surface area contributed by atoms with Gasteiger partial charge in [0.15, 0.2) is 5.78 Å². The molecule has 7 heteroatoms. The molecule has 2 aliphatic heterocycles. The van der Waals surface area contributed by atoms with Crippen LogP contribution in [-0.4, -0.2) is 69.4 Å². The van der Waals surface area contributed by atoms with Gasteiger partial charge < -0.3 is 6.63 Å². The van der Waals surface area contributed by atoms with Crippen LogP contribution in [0.2, 0.25) is 0 Å². The maximum Gasteiger partial charge on any atom is 1.00 e. The van der Waals surface area contributed by atoms with Gasteiger partial charge in [0.2, 0.25) is 0 Å². The fourth-order valence-electron chi connectivity index (χ4n) is 2.74. The van der Waals surface area contributed by atoms with Crippen molar-refractivity contribution in [3.05, 3.63) is 0 Å². The molecule has 2 atom stereocenters. The van der Waals surface area contributed by atoms with Gasteiger partial charge >= 0.3 is 29.6 Å². The first-order chi connectivity index (χ1) is 8.69. The van der Waals surface area contributed by atoms with Crippen molar-refractivity contribution in [1.82, 2.24) is 14.9 Å². The monoisotopic (exact) mass is 297 g/mol. The van der Waals surface area contributed by atoms with E-state index in [2.05, 4.69) is 23.6 Å². The van der Waals surface area contributed by atoms with Crippen molar-refractivity contribution in [2.75, 3.05) is 31.9 Å². The SMILES string of the molecule is CCCN(CCC)C1C(=O)CN2CCSC2N1O.[H-].[Na+]. The normalized spacial score (nSPS) is 28.5. The predicted octanol–water partition coefficient (Wildman–Crippen LogP) is -1.84. The molecule has 106 valence electrons. The third kappa shape index (κ3) is 3.95. The fourth-order valence-corrected chi connectivity index (χ4v) is 3.95. The van der Waals surface area contributed by atoms with Gasteiger partial charge in [-0.2, -0.15) is 0 Å². The smallest absolute Gasteiger partial charge is 1.00 e. The number of rotatable bonds is 5. The number of hydrogen-bond donors (Lipinski definition) is 1. The van der Waals surface area contributed by atoms with Crippen molar-refractivity contribution < 1.29 is 41.0 Å². The Morgan fingerprint density at radius 3 is 2.63 bits per heavy atom. The molecule has 0 aromatic rings. The van der Waals surface area contributed by atoms with E-state index in [1.54, 1.807) is 11.8 Å². The van der Waals surface area contributed by atoms with Crippen LogP contribution in [0.3, 0.4) is 0 Å². The molecular formula is C12H24N3NaO2S. The Kier molecular flexibility index (Phi) is 7.86. The number of carbonyl (C=O) groups excluding carboxylic acids is 1. The van der Waals surface area contributed by atoms with Gasteiger partial charge in [-0.25, -0.2) is 0 Å². The molecule has 0 aromatic carbocycles. The van der Waals surface area contributed by atoms with Crippen LogP contribution in [0.4, 0.5) is 0 Å². The van der Waals surface area contributed by atoms with Crippen LogP contribution in [0, 0.1) is 0 Å². The zero-order valence-electron chi connectivity index (χ0n) is 13.2. The summed E-state index contributed by atoms with van der Waals surface area (Å²) in [5.74, 6) is 1.11. The number of carbonyl (C=O) groups is 1. The Hall–Kier alpha value is 0.860. The maximum atomic E-state index is 12.2. The van der Waals surface area contributed by atoms with E-state index in [9.17, 15) is 10.0 Å². The van der Waals surface area contributed by atoms with Crippen LogP contribution in [0.25, 0.3) is 0 Å². The maximum absolute atomic E-state index is 12.2. The second-order valence-corrected chi connectivity index (χ2v) is 6.09. The topological polar surface area (TPSA) is 47.0 Å².